The van der Waals surface area contributed by atoms with Crippen LogP contribution in [-0.4, -0.2) is 13.1 Å². The zero-order valence-corrected chi connectivity index (χ0v) is 15.4. The van der Waals surface area contributed by atoms with Gasteiger partial charge in [0.1, 0.15) is 5.57 Å². The van der Waals surface area contributed by atoms with Crippen molar-refractivity contribution >= 4 is 11.5 Å². The van der Waals surface area contributed by atoms with Gasteiger partial charge in [0.25, 0.3) is 0 Å². The summed E-state index contributed by atoms with van der Waals surface area (Å²) < 4.78 is 5.05. The van der Waals surface area contributed by atoms with E-state index in [0.717, 1.165) is 27.8 Å². The Bertz CT molecular complexity index is 1000. The number of benzene rings is 3. The van der Waals surface area contributed by atoms with Crippen molar-refractivity contribution in [1.82, 2.24) is 0 Å². The summed E-state index contributed by atoms with van der Waals surface area (Å²) in [6.07, 6.45) is 0. The minimum Gasteiger partial charge on any atom is -0.465 e. The lowest BCUT2D eigenvalue weighted by molar-refractivity contribution is -0.135. The van der Waals surface area contributed by atoms with Gasteiger partial charge < -0.3 is 4.74 Å². The van der Waals surface area contributed by atoms with Gasteiger partial charge in [-0.1, -0.05) is 90.2 Å². The number of carbonyl (C=O) groups is 1. The molecular weight excluding hydrogens is 332 g/mol. The molecule has 27 heavy (non-hydrogen) atoms. The molecule has 0 N–H and O–H groups in total. The minimum absolute atomic E-state index is 0.344. The van der Waals surface area contributed by atoms with Gasteiger partial charge in [-0.3, -0.25) is 0 Å². The zero-order valence-electron chi connectivity index (χ0n) is 15.4. The molecular formula is C25H20O2. The van der Waals surface area contributed by atoms with Crippen LogP contribution in [0.25, 0.3) is 5.57 Å². The molecule has 0 saturated carbocycles. The third kappa shape index (κ3) is 4.54. The smallest absolute Gasteiger partial charge is 0.347 e. The maximum absolute atomic E-state index is 12.6. The molecule has 0 aliphatic carbocycles. The summed E-state index contributed by atoms with van der Waals surface area (Å²) >= 11 is 0. The Morgan fingerprint density at radius 1 is 0.778 bits per heavy atom. The molecule has 0 bridgehead atoms. The molecule has 0 amide bonds. The highest BCUT2D eigenvalue weighted by atomic mass is 16.5. The van der Waals surface area contributed by atoms with Gasteiger partial charge in [0.2, 0.25) is 0 Å². The van der Waals surface area contributed by atoms with Crippen LogP contribution >= 0.6 is 0 Å². The van der Waals surface area contributed by atoms with Gasteiger partial charge in [0, 0.05) is 11.1 Å². The number of rotatable bonds is 3. The summed E-state index contributed by atoms with van der Waals surface area (Å²) in [7, 11) is 1.38. The highest BCUT2D eigenvalue weighted by molar-refractivity contribution is 6.05. The van der Waals surface area contributed by atoms with Crippen LogP contribution in [0.5, 0.6) is 0 Å². The second-order valence-electron chi connectivity index (χ2n) is 6.09. The average Bonchev–Trinajstić information content (AvgIpc) is 2.73. The molecule has 3 rings (SSSR count). The lowest BCUT2D eigenvalue weighted by atomic mass is 9.92. The van der Waals surface area contributed by atoms with E-state index in [1.807, 2.05) is 91.9 Å². The summed E-state index contributed by atoms with van der Waals surface area (Å²) in [4.78, 5) is 12.6. The van der Waals surface area contributed by atoms with Crippen molar-refractivity contribution < 1.29 is 9.53 Å². The van der Waals surface area contributed by atoms with E-state index in [4.69, 9.17) is 4.74 Å². The van der Waals surface area contributed by atoms with Crippen molar-refractivity contribution in [3.05, 3.63) is 113 Å². The van der Waals surface area contributed by atoms with Crippen LogP contribution in [0.4, 0.5) is 0 Å². The molecule has 0 atom stereocenters. The van der Waals surface area contributed by atoms with Gasteiger partial charge >= 0.3 is 5.97 Å². The van der Waals surface area contributed by atoms with Crippen LogP contribution in [0.3, 0.4) is 0 Å². The Morgan fingerprint density at radius 2 is 1.33 bits per heavy atom. The van der Waals surface area contributed by atoms with E-state index >= 15 is 0 Å². The average molecular weight is 352 g/mol. The van der Waals surface area contributed by atoms with Crippen molar-refractivity contribution in [3.8, 4) is 11.8 Å². The van der Waals surface area contributed by atoms with Crippen molar-refractivity contribution in [2.24, 2.45) is 0 Å². The Kier molecular flexibility index (Phi) is 5.87. The number of methoxy groups -OCH3 is 1. The van der Waals surface area contributed by atoms with Gasteiger partial charge in [-0.15, -0.1) is 0 Å². The quantitative estimate of drug-likeness (QED) is 0.376. The van der Waals surface area contributed by atoms with Crippen LogP contribution in [0.2, 0.25) is 0 Å². The number of esters is 1. The molecule has 0 aliphatic rings. The van der Waals surface area contributed by atoms with Crippen LogP contribution in [0.15, 0.2) is 90.5 Å². The van der Waals surface area contributed by atoms with E-state index in [-0.39, 0.29) is 0 Å². The lowest BCUT2D eigenvalue weighted by Gasteiger charge is -2.12. The second kappa shape index (κ2) is 8.69. The molecule has 132 valence electrons. The molecule has 0 unspecified atom stereocenters. The predicted molar refractivity (Wildman–Crippen MR) is 109 cm³/mol. The molecule has 3 aromatic rings. The normalized spacial score (nSPS) is 11.0. The fourth-order valence-electron chi connectivity index (χ4n) is 2.75. The predicted octanol–water partition coefficient (Wildman–Crippen LogP) is 5.02. The second-order valence-corrected chi connectivity index (χ2v) is 6.09. The third-order valence-corrected chi connectivity index (χ3v) is 4.15. The molecule has 0 spiro atoms. The molecule has 0 aromatic heterocycles. The summed E-state index contributed by atoms with van der Waals surface area (Å²) in [6, 6.07) is 27.5. The first-order valence-electron chi connectivity index (χ1n) is 8.71. The van der Waals surface area contributed by atoms with Gasteiger partial charge in [-0.2, -0.15) is 0 Å². The van der Waals surface area contributed by atoms with Crippen molar-refractivity contribution in [2.45, 2.75) is 6.92 Å². The molecule has 3 aromatic carbocycles. The largest absolute Gasteiger partial charge is 0.465 e. The Morgan fingerprint density at radius 3 is 1.93 bits per heavy atom. The molecule has 0 fully saturated rings. The number of hydrogen-bond donors (Lipinski definition) is 0. The van der Waals surface area contributed by atoms with Gasteiger partial charge in [-0.05, 0) is 30.2 Å². The molecule has 0 saturated heterocycles. The molecule has 2 heteroatoms. The van der Waals surface area contributed by atoms with Crippen molar-refractivity contribution in [2.75, 3.05) is 7.11 Å². The third-order valence-electron chi connectivity index (χ3n) is 4.15. The van der Waals surface area contributed by atoms with Crippen molar-refractivity contribution in [1.29, 1.82) is 0 Å². The maximum atomic E-state index is 12.6. The Hall–Kier alpha value is -3.57. The van der Waals surface area contributed by atoms with E-state index < -0.39 is 5.97 Å². The summed E-state index contributed by atoms with van der Waals surface area (Å²) in [5.41, 5.74) is 4.96. The first-order valence-corrected chi connectivity index (χ1v) is 8.71. The Labute approximate surface area is 160 Å². The summed E-state index contributed by atoms with van der Waals surface area (Å²) in [6.45, 7) is 2.03. The van der Waals surface area contributed by atoms with E-state index in [9.17, 15) is 4.79 Å². The SMILES string of the molecule is COC(=O)/C(C#Cc1ccccc1)=C(/c1ccccc1)c1ccc(C)cc1. The first-order chi connectivity index (χ1) is 13.2. The Balaban J connectivity index is 2.25. The topological polar surface area (TPSA) is 26.3 Å². The number of carbonyl (C=O) groups excluding carboxylic acids is 1. The number of hydrogen-bond acceptors (Lipinski definition) is 2. The van der Waals surface area contributed by atoms with Crippen LogP contribution in [0, 0.1) is 18.8 Å². The maximum Gasteiger partial charge on any atom is 0.347 e. The lowest BCUT2D eigenvalue weighted by Crippen LogP contribution is -2.07. The van der Waals surface area contributed by atoms with Gasteiger partial charge in [0.15, 0.2) is 0 Å². The summed E-state index contributed by atoms with van der Waals surface area (Å²) in [5, 5.41) is 0. The molecule has 0 aliphatic heterocycles. The van der Waals surface area contributed by atoms with E-state index in [2.05, 4.69) is 11.8 Å². The standard InChI is InChI=1S/C25H20O2/c1-19-13-16-22(17-14-19)24(21-11-7-4-8-12-21)23(25(26)27-2)18-15-20-9-5-3-6-10-20/h3-14,16-17H,1-2H3/b24-23-. The highest BCUT2D eigenvalue weighted by Crippen LogP contribution is 2.28. The summed E-state index contributed by atoms with van der Waals surface area (Å²) in [5.74, 6) is 5.69. The fourth-order valence-corrected chi connectivity index (χ4v) is 2.75. The van der Waals surface area contributed by atoms with Crippen LogP contribution in [0.1, 0.15) is 22.3 Å². The van der Waals surface area contributed by atoms with Gasteiger partial charge in [-0.25, -0.2) is 4.79 Å². The number of aryl methyl sites for hydroxylation is 1. The van der Waals surface area contributed by atoms with Crippen molar-refractivity contribution in [3.63, 3.8) is 0 Å². The molecule has 0 heterocycles. The van der Waals surface area contributed by atoms with E-state index in [1.54, 1.807) is 0 Å². The first kappa shape index (κ1) is 18.2. The van der Waals surface area contributed by atoms with Gasteiger partial charge in [0.05, 0.1) is 7.11 Å². The van der Waals surface area contributed by atoms with Crippen LogP contribution in [-0.2, 0) is 9.53 Å². The monoisotopic (exact) mass is 352 g/mol. The van der Waals surface area contributed by atoms with Crippen LogP contribution < -0.4 is 0 Å². The van der Waals surface area contributed by atoms with E-state index in [1.165, 1.54) is 7.11 Å². The zero-order chi connectivity index (χ0) is 19.1. The minimum atomic E-state index is -0.446. The molecule has 2 nitrogen and oxygen atoms in total. The molecule has 0 radical (unpaired) electrons. The fraction of sp³-hybridized carbons (Fsp3) is 0.0800. The number of ether oxygens (including phenoxy) is 1. The van der Waals surface area contributed by atoms with E-state index in [0.29, 0.717) is 5.57 Å². The highest BCUT2D eigenvalue weighted by Gasteiger charge is 2.17.